The van der Waals surface area contributed by atoms with Gasteiger partial charge in [0.2, 0.25) is 0 Å². The molecule has 0 radical (unpaired) electrons. The third kappa shape index (κ3) is 2.78. The minimum absolute atomic E-state index is 0.376. The van der Waals surface area contributed by atoms with Crippen LogP contribution in [0.1, 0.15) is 19.3 Å². The summed E-state index contributed by atoms with van der Waals surface area (Å²) in [6, 6.07) is 4.04. The fourth-order valence-electron chi connectivity index (χ4n) is 1.50. The second kappa shape index (κ2) is 4.31. The van der Waals surface area contributed by atoms with Crippen molar-refractivity contribution >= 4 is 16.5 Å². The van der Waals surface area contributed by atoms with Crippen molar-refractivity contribution < 1.29 is 8.60 Å². The zero-order chi connectivity index (χ0) is 10.8. The van der Waals surface area contributed by atoms with Gasteiger partial charge in [-0.1, -0.05) is 12.8 Å². The van der Waals surface area contributed by atoms with Crippen molar-refractivity contribution in [1.82, 2.24) is 0 Å². The standard InChI is InChI=1S/C11H14FNOS/c12-9-3-4-10(13)11(7-9)15(14)6-5-8-1-2-8/h3-4,7-8H,1-2,5-6,13H2. The molecular weight excluding hydrogens is 213 g/mol. The van der Waals surface area contributed by atoms with E-state index in [0.29, 0.717) is 16.3 Å². The maximum absolute atomic E-state index is 12.9. The fourth-order valence-corrected chi connectivity index (χ4v) is 2.84. The lowest BCUT2D eigenvalue weighted by atomic mass is 10.3. The van der Waals surface area contributed by atoms with E-state index >= 15 is 0 Å². The van der Waals surface area contributed by atoms with Crippen LogP contribution in [-0.2, 0) is 10.8 Å². The molecule has 82 valence electrons. The van der Waals surface area contributed by atoms with Crippen LogP contribution in [0.3, 0.4) is 0 Å². The van der Waals surface area contributed by atoms with Gasteiger partial charge >= 0.3 is 0 Å². The summed E-state index contributed by atoms with van der Waals surface area (Å²) in [7, 11) is -1.15. The maximum Gasteiger partial charge on any atom is 0.124 e. The van der Waals surface area contributed by atoms with Crippen LogP contribution in [0.15, 0.2) is 23.1 Å². The van der Waals surface area contributed by atoms with E-state index in [1.807, 2.05) is 0 Å². The lowest BCUT2D eigenvalue weighted by Crippen LogP contribution is -2.03. The highest BCUT2D eigenvalue weighted by molar-refractivity contribution is 7.85. The van der Waals surface area contributed by atoms with Crippen LogP contribution in [0.25, 0.3) is 0 Å². The Balaban J connectivity index is 2.05. The summed E-state index contributed by atoms with van der Waals surface area (Å²) in [5.41, 5.74) is 6.07. The van der Waals surface area contributed by atoms with Gasteiger partial charge < -0.3 is 5.73 Å². The monoisotopic (exact) mass is 227 g/mol. The molecule has 1 aliphatic carbocycles. The van der Waals surface area contributed by atoms with Crippen molar-refractivity contribution in [3.05, 3.63) is 24.0 Å². The van der Waals surface area contributed by atoms with Crippen LogP contribution in [0.5, 0.6) is 0 Å². The van der Waals surface area contributed by atoms with Gasteiger partial charge in [0.25, 0.3) is 0 Å². The van der Waals surface area contributed by atoms with Gasteiger partial charge in [0.1, 0.15) is 5.82 Å². The van der Waals surface area contributed by atoms with Gasteiger partial charge in [0.15, 0.2) is 0 Å². The number of halogens is 1. The summed E-state index contributed by atoms with van der Waals surface area (Å²) in [4.78, 5) is 0.440. The topological polar surface area (TPSA) is 43.1 Å². The molecule has 1 unspecified atom stereocenters. The van der Waals surface area contributed by atoms with E-state index in [1.54, 1.807) is 0 Å². The largest absolute Gasteiger partial charge is 0.398 e. The molecule has 0 amide bonds. The highest BCUT2D eigenvalue weighted by Crippen LogP contribution is 2.33. The number of nitrogens with two attached hydrogens (primary N) is 1. The number of hydrogen-bond donors (Lipinski definition) is 1. The Morgan fingerprint density at radius 2 is 2.20 bits per heavy atom. The van der Waals surface area contributed by atoms with Crippen LogP contribution in [-0.4, -0.2) is 9.96 Å². The van der Waals surface area contributed by atoms with E-state index in [2.05, 4.69) is 0 Å². The van der Waals surface area contributed by atoms with Crippen LogP contribution in [0.2, 0.25) is 0 Å². The Morgan fingerprint density at radius 1 is 1.47 bits per heavy atom. The number of rotatable bonds is 4. The van der Waals surface area contributed by atoms with Crippen LogP contribution in [0.4, 0.5) is 10.1 Å². The van der Waals surface area contributed by atoms with Crippen molar-refractivity contribution in [3.63, 3.8) is 0 Å². The zero-order valence-corrected chi connectivity index (χ0v) is 9.23. The molecule has 2 nitrogen and oxygen atoms in total. The zero-order valence-electron chi connectivity index (χ0n) is 8.41. The third-order valence-electron chi connectivity index (χ3n) is 2.63. The van der Waals surface area contributed by atoms with Gasteiger partial charge in [-0.05, 0) is 30.5 Å². The molecule has 1 fully saturated rings. The molecule has 1 aromatic rings. The molecule has 0 aromatic heterocycles. The van der Waals surface area contributed by atoms with Gasteiger partial charge in [0, 0.05) is 11.4 Å². The molecule has 1 aliphatic rings. The highest BCUT2D eigenvalue weighted by atomic mass is 32.2. The molecule has 1 aromatic carbocycles. The smallest absolute Gasteiger partial charge is 0.124 e. The molecule has 0 bridgehead atoms. The summed E-state index contributed by atoms with van der Waals surface area (Å²) < 4.78 is 24.7. The average molecular weight is 227 g/mol. The second-order valence-electron chi connectivity index (χ2n) is 3.96. The van der Waals surface area contributed by atoms with Crippen molar-refractivity contribution in [1.29, 1.82) is 0 Å². The van der Waals surface area contributed by atoms with Crippen molar-refractivity contribution in [2.75, 3.05) is 11.5 Å². The first kappa shape index (κ1) is 10.6. The maximum atomic E-state index is 12.9. The van der Waals surface area contributed by atoms with E-state index in [-0.39, 0.29) is 5.82 Å². The predicted molar refractivity (Wildman–Crippen MR) is 59.4 cm³/mol. The van der Waals surface area contributed by atoms with E-state index in [0.717, 1.165) is 12.3 Å². The summed E-state index contributed by atoms with van der Waals surface area (Å²) in [6.45, 7) is 0. The Kier molecular flexibility index (Phi) is 3.05. The van der Waals surface area contributed by atoms with Crippen molar-refractivity contribution in [2.45, 2.75) is 24.2 Å². The SMILES string of the molecule is Nc1ccc(F)cc1S(=O)CCC1CC1. The summed E-state index contributed by atoms with van der Waals surface area (Å²) in [5, 5.41) is 0. The first-order chi connectivity index (χ1) is 7.16. The molecule has 0 spiro atoms. The van der Waals surface area contributed by atoms with Gasteiger partial charge in [-0.2, -0.15) is 0 Å². The van der Waals surface area contributed by atoms with E-state index in [1.165, 1.54) is 31.0 Å². The molecule has 15 heavy (non-hydrogen) atoms. The quantitative estimate of drug-likeness (QED) is 0.802. The van der Waals surface area contributed by atoms with E-state index in [4.69, 9.17) is 5.73 Å². The molecule has 2 N–H and O–H groups in total. The molecule has 1 saturated carbocycles. The molecule has 0 saturated heterocycles. The van der Waals surface area contributed by atoms with Crippen LogP contribution >= 0.6 is 0 Å². The Labute approximate surface area is 91.1 Å². The van der Waals surface area contributed by atoms with Gasteiger partial charge in [-0.15, -0.1) is 0 Å². The molecule has 2 rings (SSSR count). The summed E-state index contributed by atoms with van der Waals surface area (Å²) >= 11 is 0. The molecule has 4 heteroatoms. The van der Waals surface area contributed by atoms with E-state index < -0.39 is 10.8 Å². The number of nitrogen functional groups attached to an aromatic ring is 1. The number of anilines is 1. The van der Waals surface area contributed by atoms with Gasteiger partial charge in [0.05, 0.1) is 15.7 Å². The lowest BCUT2D eigenvalue weighted by molar-refractivity contribution is 0.622. The first-order valence-electron chi connectivity index (χ1n) is 5.10. The van der Waals surface area contributed by atoms with Crippen LogP contribution in [0, 0.1) is 11.7 Å². The highest BCUT2D eigenvalue weighted by Gasteiger charge is 2.22. The minimum Gasteiger partial charge on any atom is -0.398 e. The summed E-state index contributed by atoms with van der Waals surface area (Å²) in [5.74, 6) is 0.959. The first-order valence-corrected chi connectivity index (χ1v) is 6.42. The Hall–Kier alpha value is -0.900. The van der Waals surface area contributed by atoms with Gasteiger partial charge in [-0.25, -0.2) is 4.39 Å². The number of hydrogen-bond acceptors (Lipinski definition) is 2. The molecular formula is C11H14FNOS. The number of benzene rings is 1. The normalized spacial score (nSPS) is 17.7. The van der Waals surface area contributed by atoms with Crippen molar-refractivity contribution in [3.8, 4) is 0 Å². The fraction of sp³-hybridized carbons (Fsp3) is 0.455. The third-order valence-corrected chi connectivity index (χ3v) is 4.08. The van der Waals surface area contributed by atoms with Gasteiger partial charge in [-0.3, -0.25) is 4.21 Å². The Morgan fingerprint density at radius 3 is 2.87 bits per heavy atom. The van der Waals surface area contributed by atoms with E-state index in [9.17, 15) is 8.60 Å². The minimum atomic E-state index is -1.15. The average Bonchev–Trinajstić information content (AvgIpc) is 3.02. The second-order valence-corrected chi connectivity index (χ2v) is 5.50. The summed E-state index contributed by atoms with van der Waals surface area (Å²) in [6.07, 6.45) is 3.45. The Bertz CT molecular complexity index is 390. The predicted octanol–water partition coefficient (Wildman–Crippen LogP) is 2.32. The lowest BCUT2D eigenvalue weighted by Gasteiger charge is -2.05. The van der Waals surface area contributed by atoms with Crippen LogP contribution < -0.4 is 5.73 Å². The molecule has 0 heterocycles. The van der Waals surface area contributed by atoms with Crippen molar-refractivity contribution in [2.24, 2.45) is 5.92 Å². The molecule has 1 atom stereocenters. The molecule has 0 aliphatic heterocycles.